The number of likely N-dealkylation sites (tertiary alicyclic amines) is 1. The lowest BCUT2D eigenvalue weighted by molar-refractivity contribution is -0.134. The Hall–Kier alpha value is -6.97. The quantitative estimate of drug-likeness (QED) is 0.0606. The van der Waals surface area contributed by atoms with Gasteiger partial charge in [0.25, 0.3) is 5.91 Å². The highest BCUT2D eigenvalue weighted by Crippen LogP contribution is 2.39. The first kappa shape index (κ1) is 52.1. The first-order valence-corrected chi connectivity index (χ1v) is 28.6. The van der Waals surface area contributed by atoms with Gasteiger partial charge in [-0.2, -0.15) is 5.10 Å². The molecule has 6 heterocycles. The van der Waals surface area contributed by atoms with Gasteiger partial charge in [-0.05, 0) is 181 Å². The van der Waals surface area contributed by atoms with Crippen LogP contribution in [0.4, 0.5) is 10.9 Å². The largest absolute Gasteiger partial charge is 0.490 e. The van der Waals surface area contributed by atoms with Gasteiger partial charge in [0.05, 0.1) is 33.4 Å². The number of unbranched alkanes of at least 4 members (excludes halogenated alkanes) is 1. The average Bonchev–Trinajstić information content (AvgIpc) is 4.06. The second-order valence-electron chi connectivity index (χ2n) is 22.7. The Morgan fingerprint density at radius 2 is 1.69 bits per heavy atom. The van der Waals surface area contributed by atoms with Crippen LogP contribution in [0.1, 0.15) is 152 Å². The predicted octanol–water partition coefficient (Wildman–Crippen LogP) is 11.8. The molecule has 3 aliphatic heterocycles. The van der Waals surface area contributed by atoms with Crippen molar-refractivity contribution in [1.29, 1.82) is 0 Å². The molecule has 0 spiro atoms. The summed E-state index contributed by atoms with van der Waals surface area (Å²) >= 11 is 1.45. The minimum absolute atomic E-state index is 0.126. The number of hydrogen-bond donors (Lipinski definition) is 2. The molecule has 2 saturated heterocycles. The minimum Gasteiger partial charge on any atom is -0.490 e. The molecular weight excluding hydrogens is 985 g/mol. The number of aromatic nitrogens is 4. The van der Waals surface area contributed by atoms with Crippen LogP contribution in [0, 0.1) is 12.8 Å². The minimum atomic E-state index is -0.730. The Bertz CT molecular complexity index is 3340. The number of anilines is 2. The van der Waals surface area contributed by atoms with E-state index in [1.54, 1.807) is 0 Å². The Labute approximate surface area is 454 Å². The molecular formula is C62H70N8O6S. The normalized spacial score (nSPS) is 20.2. The van der Waals surface area contributed by atoms with Gasteiger partial charge in [0.1, 0.15) is 17.2 Å². The molecule has 2 N–H and O–H groups in total. The van der Waals surface area contributed by atoms with E-state index < -0.39 is 17.5 Å². The number of nitrogens with one attached hydrogen (secondary N) is 2. The molecule has 77 heavy (non-hydrogen) atoms. The fourth-order valence-corrected chi connectivity index (χ4v) is 13.1. The summed E-state index contributed by atoms with van der Waals surface area (Å²) in [7, 11) is 1.95. The van der Waals surface area contributed by atoms with E-state index >= 15 is 0 Å². The molecule has 0 radical (unpaired) electrons. The van der Waals surface area contributed by atoms with Gasteiger partial charge in [-0.3, -0.25) is 29.7 Å². The van der Waals surface area contributed by atoms with Crippen LogP contribution in [0.15, 0.2) is 91.0 Å². The van der Waals surface area contributed by atoms with Crippen LogP contribution in [0.5, 0.6) is 5.75 Å². The van der Waals surface area contributed by atoms with E-state index in [0.29, 0.717) is 59.8 Å². The van der Waals surface area contributed by atoms with E-state index in [9.17, 15) is 19.2 Å². The number of amides is 3. The molecule has 1 unspecified atom stereocenters. The number of esters is 1. The number of benzene rings is 4. The standard InChI is InChI=1S/C62H70N8O6S/c1-38-44(45-27-29-54(64-57(45)60(74)76-62(2,3)4)70-34-31-40-14-10-17-46(49(40)37-70)58(72)66-61-63-50-18-6-7-20-53(50)77-61)16-11-19-52(38)75-43-24-21-39(22-25-43)13-8-9-32-69-33-12-15-42(36-69)41-23-26-47-51(35-41)68(5)67-56(47)48-28-30-55(71)65-59(48)73/h6-7,10-11,14,16-20,23,26-27,29,35,39,42-43,48H,8-9,12-13,15,21-22,24-25,28,30-34,36-37H2,1-5H3,(H,63,66,72)(H,65,71,73)/t39?,42-,43?,48?/m1/s1. The maximum absolute atomic E-state index is 14.1. The SMILES string of the molecule is Cc1c(OC2CCC(CCCCN3CCC[C@@H](c4ccc5c(C6CCC(=O)NC6=O)nn(C)c5c4)C3)CC2)cccc1-c1ccc(N2CCc3cccc(C(=O)Nc4nc5ccccc5s4)c3C2)nc1C(=O)OC(C)(C)C. The zero-order valence-corrected chi connectivity index (χ0v) is 45.8. The number of imide groups is 1. The van der Waals surface area contributed by atoms with Crippen molar-refractivity contribution in [3.8, 4) is 16.9 Å². The number of para-hydroxylation sites is 1. The van der Waals surface area contributed by atoms with Gasteiger partial charge in [0, 0.05) is 49.6 Å². The number of carbonyl (C=O) groups excluding carboxylic acids is 4. The molecule has 400 valence electrons. The van der Waals surface area contributed by atoms with Crippen molar-refractivity contribution in [2.45, 2.75) is 135 Å². The molecule has 7 aromatic rings. The van der Waals surface area contributed by atoms with Gasteiger partial charge in [-0.15, -0.1) is 0 Å². The summed E-state index contributed by atoms with van der Waals surface area (Å²) in [6, 6.07) is 30.4. The van der Waals surface area contributed by atoms with Crippen molar-refractivity contribution in [3.05, 3.63) is 130 Å². The van der Waals surface area contributed by atoms with E-state index in [1.807, 2.05) is 99.2 Å². The molecule has 3 aromatic heterocycles. The number of rotatable bonds is 14. The van der Waals surface area contributed by atoms with Crippen LogP contribution in [0.2, 0.25) is 0 Å². The van der Waals surface area contributed by atoms with E-state index in [0.717, 1.165) is 107 Å². The van der Waals surface area contributed by atoms with Gasteiger partial charge in [-0.25, -0.2) is 14.8 Å². The van der Waals surface area contributed by atoms with Gasteiger partial charge in [-0.1, -0.05) is 72.7 Å². The number of thiazole rings is 1. The number of piperidine rings is 2. The molecule has 14 nitrogen and oxygen atoms in total. The summed E-state index contributed by atoms with van der Waals surface area (Å²) in [6.07, 6.45) is 12.0. The van der Waals surface area contributed by atoms with Crippen LogP contribution in [-0.4, -0.2) is 86.2 Å². The monoisotopic (exact) mass is 1050 g/mol. The fourth-order valence-electron chi connectivity index (χ4n) is 12.2. The van der Waals surface area contributed by atoms with Crippen molar-refractivity contribution in [3.63, 3.8) is 0 Å². The van der Waals surface area contributed by atoms with Gasteiger partial charge in [0.2, 0.25) is 11.8 Å². The maximum Gasteiger partial charge on any atom is 0.358 e. The smallest absolute Gasteiger partial charge is 0.358 e. The number of nitrogens with zero attached hydrogens (tertiary/aromatic N) is 6. The first-order chi connectivity index (χ1) is 37.2. The molecule has 0 bridgehead atoms. The fraction of sp³-hybridized carbons (Fsp3) is 0.435. The van der Waals surface area contributed by atoms with Gasteiger partial charge in [0.15, 0.2) is 10.8 Å². The van der Waals surface area contributed by atoms with Crippen molar-refractivity contribution >= 4 is 67.1 Å². The molecule has 4 aliphatic rings. The predicted molar refractivity (Wildman–Crippen MR) is 303 cm³/mol. The molecule has 1 aliphatic carbocycles. The van der Waals surface area contributed by atoms with Crippen molar-refractivity contribution in [2.75, 3.05) is 36.4 Å². The Kier molecular flexibility index (Phi) is 15.0. The number of hydrogen-bond acceptors (Lipinski definition) is 12. The third kappa shape index (κ3) is 11.5. The number of fused-ring (bicyclic) bond motifs is 3. The summed E-state index contributed by atoms with van der Waals surface area (Å²) in [5, 5.41) is 11.9. The van der Waals surface area contributed by atoms with Crippen LogP contribution in [0.3, 0.4) is 0 Å². The number of ether oxygens (including phenoxy) is 2. The second-order valence-corrected chi connectivity index (χ2v) is 23.8. The third-order valence-electron chi connectivity index (χ3n) is 16.3. The Morgan fingerprint density at radius 1 is 0.857 bits per heavy atom. The highest BCUT2D eigenvalue weighted by molar-refractivity contribution is 7.22. The zero-order chi connectivity index (χ0) is 53.4. The van der Waals surface area contributed by atoms with Crippen LogP contribution >= 0.6 is 11.3 Å². The molecule has 3 fully saturated rings. The summed E-state index contributed by atoms with van der Waals surface area (Å²) < 4.78 is 15.7. The van der Waals surface area contributed by atoms with Crippen molar-refractivity contribution < 1.29 is 28.7 Å². The Balaban J connectivity index is 0.693. The number of aryl methyl sites for hydroxylation is 1. The zero-order valence-electron chi connectivity index (χ0n) is 45.0. The molecule has 4 aromatic carbocycles. The number of carbonyl (C=O) groups is 4. The topological polar surface area (TPSA) is 161 Å². The summed E-state index contributed by atoms with van der Waals surface area (Å²) in [5.74, 6) is 1.09. The van der Waals surface area contributed by atoms with E-state index in [2.05, 4.69) is 56.6 Å². The third-order valence-corrected chi connectivity index (χ3v) is 17.2. The molecule has 2 atom stereocenters. The summed E-state index contributed by atoms with van der Waals surface area (Å²) in [6.45, 7) is 12.1. The summed E-state index contributed by atoms with van der Waals surface area (Å²) in [5.41, 5.74) is 8.68. The molecule has 3 amide bonds. The average molecular weight is 1060 g/mol. The summed E-state index contributed by atoms with van der Waals surface area (Å²) in [4.78, 5) is 66.9. The molecule has 15 heteroatoms. The number of pyridine rings is 1. The van der Waals surface area contributed by atoms with Crippen molar-refractivity contribution in [1.82, 2.24) is 30.0 Å². The van der Waals surface area contributed by atoms with Crippen LogP contribution in [0.25, 0.3) is 32.2 Å². The van der Waals surface area contributed by atoms with Crippen LogP contribution in [-0.2, 0) is 34.3 Å². The lowest BCUT2D eigenvalue weighted by Crippen LogP contribution is -2.39. The highest BCUT2D eigenvalue weighted by Gasteiger charge is 2.33. The molecule has 11 rings (SSSR count). The van der Waals surface area contributed by atoms with Crippen LogP contribution < -0.4 is 20.3 Å². The molecule has 1 saturated carbocycles. The van der Waals surface area contributed by atoms with Gasteiger partial charge >= 0.3 is 5.97 Å². The van der Waals surface area contributed by atoms with E-state index in [-0.39, 0.29) is 29.5 Å². The van der Waals surface area contributed by atoms with Gasteiger partial charge < -0.3 is 19.3 Å². The first-order valence-electron chi connectivity index (χ1n) is 27.8. The maximum atomic E-state index is 14.1. The highest BCUT2D eigenvalue weighted by atomic mass is 32.1. The van der Waals surface area contributed by atoms with E-state index in [4.69, 9.17) is 19.6 Å². The Morgan fingerprint density at radius 3 is 2.51 bits per heavy atom. The van der Waals surface area contributed by atoms with Crippen molar-refractivity contribution in [2.24, 2.45) is 13.0 Å². The second kappa shape index (κ2) is 22.2. The lowest BCUT2D eigenvalue weighted by atomic mass is 9.84. The lowest BCUT2D eigenvalue weighted by Gasteiger charge is -2.33. The van der Waals surface area contributed by atoms with E-state index in [1.165, 1.54) is 49.0 Å².